The van der Waals surface area contributed by atoms with Crippen LogP contribution in [0.2, 0.25) is 0 Å². The smallest absolute Gasteiger partial charge is 0.0991 e. The van der Waals surface area contributed by atoms with Crippen LogP contribution in [0, 0.1) is 11.3 Å². The number of hydrogen-bond donors (Lipinski definition) is 3. The molecule has 0 saturated carbocycles. The highest BCUT2D eigenvalue weighted by Gasteiger charge is 2.21. The lowest BCUT2D eigenvalue weighted by molar-refractivity contribution is 0.386. The van der Waals surface area contributed by atoms with Gasteiger partial charge in [-0.1, -0.05) is 200 Å². The Hall–Kier alpha value is -7.65. The third-order valence-corrected chi connectivity index (χ3v) is 12.0. The van der Waals surface area contributed by atoms with Gasteiger partial charge in [0.15, 0.2) is 0 Å². The highest BCUT2D eigenvalue weighted by molar-refractivity contribution is 6.27. The van der Waals surface area contributed by atoms with E-state index in [1.165, 1.54) is 54.6 Å². The molecule has 10 aromatic carbocycles. The van der Waals surface area contributed by atoms with Crippen LogP contribution in [0.3, 0.4) is 0 Å². The molecular formula is C58H44N4. The Morgan fingerprint density at radius 2 is 1.06 bits per heavy atom. The Kier molecular flexibility index (Phi) is 10.7. The van der Waals surface area contributed by atoms with E-state index < -0.39 is 6.17 Å². The normalized spacial score (nSPS) is 12.3. The summed E-state index contributed by atoms with van der Waals surface area (Å²) in [7, 11) is 0. The van der Waals surface area contributed by atoms with Crippen LogP contribution in [0.1, 0.15) is 34.6 Å². The first-order chi connectivity index (χ1) is 30.6. The highest BCUT2D eigenvalue weighted by Crippen LogP contribution is 2.46. The predicted molar refractivity (Wildman–Crippen MR) is 258 cm³/mol. The van der Waals surface area contributed by atoms with Crippen molar-refractivity contribution in [2.24, 2.45) is 5.73 Å². The largest absolute Gasteiger partial charge is 0.312 e. The minimum absolute atomic E-state index is 0.293. The van der Waals surface area contributed by atoms with E-state index in [9.17, 15) is 5.26 Å². The average molecular weight is 797 g/mol. The number of rotatable bonds is 11. The van der Waals surface area contributed by atoms with Crippen LogP contribution < -0.4 is 16.4 Å². The van der Waals surface area contributed by atoms with Gasteiger partial charge in [-0.3, -0.25) is 10.6 Å². The molecule has 4 heteroatoms. The minimum Gasteiger partial charge on any atom is -0.312 e. The van der Waals surface area contributed by atoms with Gasteiger partial charge < -0.3 is 5.73 Å². The number of nitrogens with two attached hydrogens (primary N) is 1. The fourth-order valence-corrected chi connectivity index (χ4v) is 9.00. The van der Waals surface area contributed by atoms with Gasteiger partial charge in [0.25, 0.3) is 0 Å². The maximum absolute atomic E-state index is 9.40. The summed E-state index contributed by atoms with van der Waals surface area (Å²) in [6.07, 6.45) is -0.764. The highest BCUT2D eigenvalue weighted by atomic mass is 15.2. The molecule has 10 rings (SSSR count). The van der Waals surface area contributed by atoms with Crippen molar-refractivity contribution in [3.05, 3.63) is 241 Å². The predicted octanol–water partition coefficient (Wildman–Crippen LogP) is 13.7. The Morgan fingerprint density at radius 1 is 0.468 bits per heavy atom. The summed E-state index contributed by atoms with van der Waals surface area (Å²) in [6.45, 7) is 0.602. The molecule has 0 spiro atoms. The van der Waals surface area contributed by atoms with Crippen molar-refractivity contribution in [3.8, 4) is 50.6 Å². The Labute approximate surface area is 362 Å². The van der Waals surface area contributed by atoms with E-state index in [0.717, 1.165) is 38.9 Å². The first-order valence-electron chi connectivity index (χ1n) is 21.1. The van der Waals surface area contributed by atoms with E-state index in [1.54, 1.807) is 0 Å². The van der Waals surface area contributed by atoms with Gasteiger partial charge in [0.1, 0.15) is 0 Å². The van der Waals surface area contributed by atoms with Gasteiger partial charge in [0.2, 0.25) is 0 Å². The van der Waals surface area contributed by atoms with Gasteiger partial charge in [-0.05, 0) is 112 Å². The lowest BCUT2D eigenvalue weighted by Crippen LogP contribution is -2.40. The maximum atomic E-state index is 9.40. The van der Waals surface area contributed by atoms with E-state index in [-0.39, 0.29) is 6.17 Å². The molecule has 0 radical (unpaired) electrons. The lowest BCUT2D eigenvalue weighted by atomic mass is 9.84. The molecular weight excluding hydrogens is 753 g/mol. The fraction of sp³-hybridized carbons (Fsp3) is 0.0517. The standard InChI is InChI=1S/C58H44N4/c59-37-39-26-30-41(31-27-39)46-19-13-20-47(36-46)58(62-57(60)52-25-12-9-21-48(52)42-14-3-1-4-15-42)61-38-40-28-32-45(33-29-40)54-50-23-10-11-24-51(50)55(44-17-5-2-6-18-44)56-49-22-8-7-16-43(49)34-35-53(54)56/h1-36,57-58,61-62H,38,60H2. The van der Waals surface area contributed by atoms with Crippen LogP contribution >= 0.6 is 0 Å². The first-order valence-corrected chi connectivity index (χ1v) is 21.1. The average Bonchev–Trinajstić information content (AvgIpc) is 3.35. The number of nitrogens with one attached hydrogen (secondary N) is 2. The van der Waals surface area contributed by atoms with Crippen molar-refractivity contribution >= 4 is 32.3 Å². The van der Waals surface area contributed by atoms with Gasteiger partial charge in [-0.15, -0.1) is 0 Å². The van der Waals surface area contributed by atoms with E-state index >= 15 is 0 Å². The third-order valence-electron chi connectivity index (χ3n) is 12.0. The molecule has 0 aliphatic rings. The van der Waals surface area contributed by atoms with Crippen molar-refractivity contribution in [1.29, 1.82) is 5.26 Å². The topological polar surface area (TPSA) is 73.9 Å². The molecule has 0 fully saturated rings. The molecule has 0 aromatic heterocycles. The van der Waals surface area contributed by atoms with Crippen LogP contribution in [-0.4, -0.2) is 0 Å². The third kappa shape index (κ3) is 7.53. The molecule has 2 unspecified atom stereocenters. The zero-order valence-corrected chi connectivity index (χ0v) is 34.2. The van der Waals surface area contributed by atoms with Crippen molar-refractivity contribution < 1.29 is 0 Å². The van der Waals surface area contributed by atoms with Crippen LogP contribution in [0.25, 0.3) is 76.8 Å². The monoisotopic (exact) mass is 796 g/mol. The SMILES string of the molecule is N#Cc1ccc(-c2cccc(C(NCc3ccc(-c4c5ccccc5c(-c5ccccc5)c5c4ccc4ccccc45)cc3)NC(N)c3ccccc3-c3ccccc3)c2)cc1. The Balaban J connectivity index is 1.01. The van der Waals surface area contributed by atoms with E-state index in [0.29, 0.717) is 12.1 Å². The molecule has 4 nitrogen and oxygen atoms in total. The molecule has 0 amide bonds. The summed E-state index contributed by atoms with van der Waals surface area (Å²) in [6, 6.07) is 79.2. The Morgan fingerprint density at radius 3 is 1.81 bits per heavy atom. The van der Waals surface area contributed by atoms with Crippen molar-refractivity contribution in [3.63, 3.8) is 0 Å². The summed E-state index contributed by atoms with van der Waals surface area (Å²) < 4.78 is 0. The van der Waals surface area contributed by atoms with Crippen LogP contribution in [0.15, 0.2) is 218 Å². The van der Waals surface area contributed by atoms with Crippen molar-refractivity contribution in [2.45, 2.75) is 18.9 Å². The van der Waals surface area contributed by atoms with E-state index in [1.807, 2.05) is 36.4 Å². The summed E-state index contributed by atoms with van der Waals surface area (Å²) in [4.78, 5) is 0. The van der Waals surface area contributed by atoms with Crippen LogP contribution in [0.5, 0.6) is 0 Å². The summed E-state index contributed by atoms with van der Waals surface area (Å²) in [5, 5.41) is 24.5. The summed E-state index contributed by atoms with van der Waals surface area (Å²) >= 11 is 0. The molecule has 0 saturated heterocycles. The quantitative estimate of drug-likeness (QED) is 0.0692. The second-order valence-electron chi connectivity index (χ2n) is 15.8. The maximum Gasteiger partial charge on any atom is 0.0991 e. The Bertz CT molecular complexity index is 3220. The molecule has 296 valence electrons. The number of benzene rings is 10. The fourth-order valence-electron chi connectivity index (χ4n) is 9.00. The number of fused-ring (bicyclic) bond motifs is 4. The zero-order valence-electron chi connectivity index (χ0n) is 34.2. The summed E-state index contributed by atoms with van der Waals surface area (Å²) in [5.41, 5.74) is 20.2. The number of hydrogen-bond acceptors (Lipinski definition) is 4. The van der Waals surface area contributed by atoms with Gasteiger partial charge >= 0.3 is 0 Å². The van der Waals surface area contributed by atoms with Crippen LogP contribution in [0.4, 0.5) is 0 Å². The van der Waals surface area contributed by atoms with Gasteiger partial charge in [0, 0.05) is 6.54 Å². The number of nitriles is 1. The molecule has 0 bridgehead atoms. The molecule has 4 N–H and O–H groups in total. The molecule has 10 aromatic rings. The summed E-state index contributed by atoms with van der Waals surface area (Å²) in [5.74, 6) is 0. The second kappa shape index (κ2) is 17.1. The first kappa shape index (κ1) is 38.5. The van der Waals surface area contributed by atoms with Crippen LogP contribution in [-0.2, 0) is 6.54 Å². The minimum atomic E-state index is -0.471. The van der Waals surface area contributed by atoms with Gasteiger partial charge in [-0.25, -0.2) is 0 Å². The van der Waals surface area contributed by atoms with E-state index in [2.05, 4.69) is 199 Å². The van der Waals surface area contributed by atoms with Crippen molar-refractivity contribution in [1.82, 2.24) is 10.6 Å². The zero-order chi connectivity index (χ0) is 41.8. The molecule has 0 aliphatic carbocycles. The number of nitrogens with zero attached hydrogens (tertiary/aromatic N) is 1. The van der Waals surface area contributed by atoms with Gasteiger partial charge in [0.05, 0.1) is 24.0 Å². The van der Waals surface area contributed by atoms with Crippen molar-refractivity contribution in [2.75, 3.05) is 0 Å². The molecule has 2 atom stereocenters. The molecule has 0 heterocycles. The lowest BCUT2D eigenvalue weighted by Gasteiger charge is -2.27. The molecule has 0 aliphatic heterocycles. The molecule has 62 heavy (non-hydrogen) atoms. The van der Waals surface area contributed by atoms with E-state index in [4.69, 9.17) is 5.73 Å². The second-order valence-corrected chi connectivity index (χ2v) is 15.8. The van der Waals surface area contributed by atoms with Gasteiger partial charge in [-0.2, -0.15) is 5.26 Å².